The van der Waals surface area contributed by atoms with Crippen LogP contribution in [0.25, 0.3) is 0 Å². The Morgan fingerprint density at radius 2 is 1.74 bits per heavy atom. The van der Waals surface area contributed by atoms with Gasteiger partial charge in [-0.3, -0.25) is 4.79 Å². The van der Waals surface area contributed by atoms with Gasteiger partial charge in [0, 0.05) is 19.2 Å². The van der Waals surface area contributed by atoms with Crippen LogP contribution in [0, 0.1) is 37.0 Å². The van der Waals surface area contributed by atoms with Crippen LogP contribution >= 0.6 is 0 Å². The van der Waals surface area contributed by atoms with Crippen LogP contribution in [0.1, 0.15) is 55.5 Å². The Balaban J connectivity index is 1.43. The Labute approximate surface area is 138 Å². The first-order chi connectivity index (χ1) is 10.9. The number of nitrogens with zero attached hydrogens (tertiary/aromatic N) is 2. The molecule has 23 heavy (non-hydrogen) atoms. The van der Waals surface area contributed by atoms with Gasteiger partial charge < -0.3 is 9.42 Å². The molecule has 1 amide bonds. The molecular weight excluding hydrogens is 288 g/mol. The van der Waals surface area contributed by atoms with E-state index in [9.17, 15) is 4.79 Å². The summed E-state index contributed by atoms with van der Waals surface area (Å²) in [5.74, 6) is 3.79. The number of hydrogen-bond acceptors (Lipinski definition) is 3. The van der Waals surface area contributed by atoms with E-state index >= 15 is 0 Å². The molecule has 0 saturated heterocycles. The highest BCUT2D eigenvalue weighted by Crippen LogP contribution is 2.60. The number of aryl methyl sites for hydroxylation is 2. The van der Waals surface area contributed by atoms with E-state index in [1.54, 1.807) is 0 Å². The fraction of sp³-hybridized carbons (Fsp3) is 0.789. The zero-order chi connectivity index (χ0) is 16.2. The predicted octanol–water partition coefficient (Wildman–Crippen LogP) is 3.51. The third-order valence-corrected chi connectivity index (χ3v) is 6.67. The third kappa shape index (κ3) is 2.70. The number of amides is 1. The van der Waals surface area contributed by atoms with Crippen LogP contribution < -0.4 is 0 Å². The van der Waals surface area contributed by atoms with Gasteiger partial charge in [0.05, 0.1) is 12.1 Å². The molecular formula is C19H28N2O2. The van der Waals surface area contributed by atoms with Gasteiger partial charge in [0.1, 0.15) is 5.76 Å². The van der Waals surface area contributed by atoms with Crippen molar-refractivity contribution in [1.82, 2.24) is 10.1 Å². The van der Waals surface area contributed by atoms with Crippen molar-refractivity contribution >= 4 is 5.91 Å². The van der Waals surface area contributed by atoms with Gasteiger partial charge in [-0.15, -0.1) is 0 Å². The second kappa shape index (κ2) is 5.35. The lowest BCUT2D eigenvalue weighted by molar-refractivity contribution is -0.134. The lowest BCUT2D eigenvalue weighted by Gasteiger charge is -2.57. The summed E-state index contributed by atoms with van der Waals surface area (Å²) < 4.78 is 5.19. The molecule has 0 radical (unpaired) electrons. The molecule has 1 heterocycles. The number of likely N-dealkylation sites (N-methyl/N-ethyl adjacent to an activating group) is 1. The Bertz CT molecular complexity index is 564. The van der Waals surface area contributed by atoms with Gasteiger partial charge in [-0.25, -0.2) is 0 Å². The molecule has 4 heteroatoms. The minimum atomic E-state index is 0.204. The van der Waals surface area contributed by atoms with E-state index in [1.807, 2.05) is 25.8 Å². The summed E-state index contributed by atoms with van der Waals surface area (Å²) >= 11 is 0. The molecule has 0 atom stereocenters. The molecule has 0 spiro atoms. The average molecular weight is 316 g/mol. The van der Waals surface area contributed by atoms with Gasteiger partial charge >= 0.3 is 0 Å². The lowest BCUT2D eigenvalue weighted by Crippen LogP contribution is -2.51. The number of hydrogen-bond donors (Lipinski definition) is 0. The third-order valence-electron chi connectivity index (χ3n) is 6.67. The minimum Gasteiger partial charge on any atom is -0.361 e. The highest BCUT2D eigenvalue weighted by molar-refractivity contribution is 5.79. The monoisotopic (exact) mass is 316 g/mol. The molecule has 4 aliphatic rings. The summed E-state index contributed by atoms with van der Waals surface area (Å²) in [5, 5.41) is 3.96. The van der Waals surface area contributed by atoms with Gasteiger partial charge in [0.25, 0.3) is 0 Å². The van der Waals surface area contributed by atoms with Crippen molar-refractivity contribution in [2.75, 3.05) is 13.6 Å². The largest absolute Gasteiger partial charge is 0.361 e. The van der Waals surface area contributed by atoms with E-state index in [2.05, 4.69) is 5.16 Å². The van der Waals surface area contributed by atoms with Crippen molar-refractivity contribution in [2.45, 2.75) is 58.8 Å². The maximum absolute atomic E-state index is 12.7. The minimum absolute atomic E-state index is 0.204. The molecule has 5 rings (SSSR count). The van der Waals surface area contributed by atoms with Gasteiger partial charge in [-0.2, -0.15) is 0 Å². The van der Waals surface area contributed by atoms with Crippen molar-refractivity contribution in [2.24, 2.45) is 23.2 Å². The maximum Gasteiger partial charge on any atom is 0.226 e. The van der Waals surface area contributed by atoms with Crippen molar-refractivity contribution in [1.29, 1.82) is 0 Å². The average Bonchev–Trinajstić information content (AvgIpc) is 2.77. The fourth-order valence-corrected chi connectivity index (χ4v) is 6.12. The second-order valence-corrected chi connectivity index (χ2v) is 8.65. The van der Waals surface area contributed by atoms with E-state index in [0.717, 1.165) is 41.3 Å². The fourth-order valence-electron chi connectivity index (χ4n) is 6.12. The van der Waals surface area contributed by atoms with Crippen LogP contribution in [0.5, 0.6) is 0 Å². The molecule has 0 aliphatic heterocycles. The van der Waals surface area contributed by atoms with Crippen LogP contribution in [0.4, 0.5) is 0 Å². The zero-order valence-corrected chi connectivity index (χ0v) is 14.6. The molecule has 0 aromatic carbocycles. The summed E-state index contributed by atoms with van der Waals surface area (Å²) in [6.45, 7) is 4.75. The van der Waals surface area contributed by atoms with Crippen LogP contribution in [-0.2, 0) is 11.2 Å². The molecule has 1 aromatic heterocycles. The smallest absolute Gasteiger partial charge is 0.226 e. The number of carbonyl (C=O) groups excluding carboxylic acids is 1. The number of rotatable bonds is 4. The number of aromatic nitrogens is 1. The van der Waals surface area contributed by atoms with E-state index in [4.69, 9.17) is 4.52 Å². The van der Waals surface area contributed by atoms with E-state index < -0.39 is 0 Å². The zero-order valence-electron chi connectivity index (χ0n) is 14.6. The van der Waals surface area contributed by atoms with E-state index in [0.29, 0.717) is 11.8 Å². The first-order valence-electron chi connectivity index (χ1n) is 9.10. The normalized spacial score (nSPS) is 34.8. The summed E-state index contributed by atoms with van der Waals surface area (Å²) in [6, 6.07) is 0. The molecule has 4 fully saturated rings. The maximum atomic E-state index is 12.7. The Morgan fingerprint density at radius 3 is 2.22 bits per heavy atom. The van der Waals surface area contributed by atoms with Crippen molar-refractivity contribution in [3.8, 4) is 0 Å². The van der Waals surface area contributed by atoms with Crippen LogP contribution in [-0.4, -0.2) is 29.6 Å². The topological polar surface area (TPSA) is 46.3 Å². The van der Waals surface area contributed by atoms with E-state index in [-0.39, 0.29) is 5.91 Å². The standard InChI is InChI=1S/C19H28N2O2/c1-12-17(13(2)23-20-12)7-18(22)21(3)11-19-8-14-4-15(9-19)6-16(5-14)10-19/h14-16H,4-11H2,1-3H3. The number of carbonyl (C=O) groups is 1. The molecule has 1 aromatic rings. The van der Waals surface area contributed by atoms with Crippen LogP contribution in [0.15, 0.2) is 4.52 Å². The first kappa shape index (κ1) is 15.2. The molecule has 4 bridgehead atoms. The van der Waals surface area contributed by atoms with E-state index in [1.165, 1.54) is 38.5 Å². The highest BCUT2D eigenvalue weighted by Gasteiger charge is 2.51. The quantitative estimate of drug-likeness (QED) is 0.854. The van der Waals surface area contributed by atoms with Crippen molar-refractivity contribution < 1.29 is 9.32 Å². The van der Waals surface area contributed by atoms with Gasteiger partial charge in [-0.05, 0) is 75.5 Å². The van der Waals surface area contributed by atoms with Gasteiger partial charge in [0.2, 0.25) is 5.91 Å². The Hall–Kier alpha value is -1.32. The highest BCUT2D eigenvalue weighted by atomic mass is 16.5. The SMILES string of the molecule is Cc1noc(C)c1CC(=O)N(C)CC12CC3CC(CC(C3)C1)C2. The summed E-state index contributed by atoms with van der Waals surface area (Å²) in [4.78, 5) is 14.7. The molecule has 4 aliphatic carbocycles. The molecule has 126 valence electrons. The van der Waals surface area contributed by atoms with Crippen LogP contribution in [0.2, 0.25) is 0 Å². The second-order valence-electron chi connectivity index (χ2n) is 8.65. The van der Waals surface area contributed by atoms with Crippen molar-refractivity contribution in [3.05, 3.63) is 17.0 Å². The van der Waals surface area contributed by atoms with Gasteiger partial charge in [0.15, 0.2) is 0 Å². The summed E-state index contributed by atoms with van der Waals surface area (Å²) in [5.41, 5.74) is 2.23. The molecule has 0 N–H and O–H groups in total. The summed E-state index contributed by atoms with van der Waals surface area (Å²) in [6.07, 6.45) is 8.83. The Kier molecular flexibility index (Phi) is 3.54. The molecule has 4 saturated carbocycles. The van der Waals surface area contributed by atoms with Crippen molar-refractivity contribution in [3.63, 3.8) is 0 Å². The summed E-state index contributed by atoms with van der Waals surface area (Å²) in [7, 11) is 1.99. The predicted molar refractivity (Wildman–Crippen MR) is 87.9 cm³/mol. The van der Waals surface area contributed by atoms with Crippen LogP contribution in [0.3, 0.4) is 0 Å². The lowest BCUT2D eigenvalue weighted by atomic mass is 9.49. The first-order valence-corrected chi connectivity index (χ1v) is 9.10. The molecule has 0 unspecified atom stereocenters. The molecule has 4 nitrogen and oxygen atoms in total. The van der Waals surface area contributed by atoms with Gasteiger partial charge in [-0.1, -0.05) is 5.16 Å². The Morgan fingerprint density at radius 1 is 1.17 bits per heavy atom.